The van der Waals surface area contributed by atoms with Gasteiger partial charge in [-0.3, -0.25) is 4.79 Å². The van der Waals surface area contributed by atoms with Crippen molar-refractivity contribution in [1.82, 2.24) is 4.90 Å². The minimum atomic E-state index is -0.483. The average Bonchev–Trinajstić information content (AvgIpc) is 3.10. The van der Waals surface area contributed by atoms with E-state index in [4.69, 9.17) is 16.3 Å². The first-order valence-corrected chi connectivity index (χ1v) is 9.75. The van der Waals surface area contributed by atoms with Crippen molar-refractivity contribution in [1.29, 1.82) is 0 Å². The fourth-order valence-electron chi connectivity index (χ4n) is 3.20. The van der Waals surface area contributed by atoms with Gasteiger partial charge >= 0.3 is 5.97 Å². The molecule has 2 rings (SSSR count). The van der Waals surface area contributed by atoms with E-state index in [0.29, 0.717) is 30.2 Å². The SMILES string of the molecule is CCCCCCCCOC(=O)C1CCCN1C(=O)c1ccccc1Cl. The summed E-state index contributed by atoms with van der Waals surface area (Å²) < 4.78 is 5.41. The van der Waals surface area contributed by atoms with Crippen LogP contribution in [0.2, 0.25) is 5.02 Å². The number of carbonyl (C=O) groups is 2. The molecule has 0 saturated carbocycles. The summed E-state index contributed by atoms with van der Waals surface area (Å²) in [4.78, 5) is 26.7. The number of ether oxygens (including phenoxy) is 1. The van der Waals surface area contributed by atoms with E-state index < -0.39 is 6.04 Å². The van der Waals surface area contributed by atoms with Crippen molar-refractivity contribution >= 4 is 23.5 Å². The van der Waals surface area contributed by atoms with E-state index in [1.165, 1.54) is 25.7 Å². The molecule has 1 aromatic rings. The zero-order valence-corrected chi connectivity index (χ0v) is 15.8. The Hall–Kier alpha value is -1.55. The Morgan fingerprint density at radius 2 is 1.88 bits per heavy atom. The maximum Gasteiger partial charge on any atom is 0.328 e. The third-order valence-electron chi connectivity index (χ3n) is 4.63. The molecule has 138 valence electrons. The van der Waals surface area contributed by atoms with Crippen LogP contribution in [0, 0.1) is 0 Å². The smallest absolute Gasteiger partial charge is 0.328 e. The molecular formula is C20H28ClNO3. The molecule has 0 bridgehead atoms. The zero-order valence-electron chi connectivity index (χ0n) is 15.0. The number of rotatable bonds is 9. The summed E-state index contributed by atoms with van der Waals surface area (Å²) >= 11 is 6.12. The van der Waals surface area contributed by atoms with E-state index >= 15 is 0 Å². The third-order valence-corrected chi connectivity index (χ3v) is 4.96. The first-order valence-electron chi connectivity index (χ1n) is 9.37. The van der Waals surface area contributed by atoms with Crippen LogP contribution in [0.5, 0.6) is 0 Å². The molecule has 0 spiro atoms. The summed E-state index contributed by atoms with van der Waals surface area (Å²) in [5, 5.41) is 0.415. The lowest BCUT2D eigenvalue weighted by molar-refractivity contribution is -0.148. The van der Waals surface area contributed by atoms with E-state index in [1.54, 1.807) is 29.2 Å². The summed E-state index contributed by atoms with van der Waals surface area (Å²) in [6.07, 6.45) is 8.37. The second-order valence-corrected chi connectivity index (χ2v) is 6.98. The Labute approximate surface area is 155 Å². The van der Waals surface area contributed by atoms with Crippen molar-refractivity contribution in [3.8, 4) is 0 Å². The van der Waals surface area contributed by atoms with Crippen LogP contribution < -0.4 is 0 Å². The normalized spacial score (nSPS) is 16.9. The molecule has 4 nitrogen and oxygen atoms in total. The van der Waals surface area contributed by atoms with Gasteiger partial charge in [0.2, 0.25) is 0 Å². The highest BCUT2D eigenvalue weighted by atomic mass is 35.5. The fraction of sp³-hybridized carbons (Fsp3) is 0.600. The van der Waals surface area contributed by atoms with Crippen molar-refractivity contribution in [3.05, 3.63) is 34.9 Å². The number of hydrogen-bond donors (Lipinski definition) is 0. The lowest BCUT2D eigenvalue weighted by atomic mass is 10.1. The standard InChI is InChI=1S/C20H28ClNO3/c1-2-3-4-5-6-9-15-25-20(24)18-13-10-14-22(18)19(23)16-11-7-8-12-17(16)21/h7-8,11-12,18H,2-6,9-10,13-15H2,1H3. The van der Waals surface area contributed by atoms with E-state index in [2.05, 4.69) is 6.92 Å². The second-order valence-electron chi connectivity index (χ2n) is 6.57. The number of halogens is 1. The van der Waals surface area contributed by atoms with Crippen molar-refractivity contribution in [2.45, 2.75) is 64.3 Å². The summed E-state index contributed by atoms with van der Waals surface area (Å²) in [5.74, 6) is -0.476. The van der Waals surface area contributed by atoms with Crippen LogP contribution in [0.3, 0.4) is 0 Å². The fourth-order valence-corrected chi connectivity index (χ4v) is 3.41. The van der Waals surface area contributed by atoms with Gasteiger partial charge in [-0.25, -0.2) is 4.79 Å². The highest BCUT2D eigenvalue weighted by Crippen LogP contribution is 2.24. The van der Waals surface area contributed by atoms with Crippen LogP contribution in [0.1, 0.15) is 68.6 Å². The summed E-state index contributed by atoms with van der Waals surface area (Å²) in [7, 11) is 0. The van der Waals surface area contributed by atoms with Gasteiger partial charge in [-0.15, -0.1) is 0 Å². The quantitative estimate of drug-likeness (QED) is 0.464. The molecule has 1 fully saturated rings. The third kappa shape index (κ3) is 5.74. The highest BCUT2D eigenvalue weighted by molar-refractivity contribution is 6.33. The predicted octanol–water partition coefficient (Wildman–Crippen LogP) is 4.85. The Kier molecular flexibility index (Phi) is 8.26. The van der Waals surface area contributed by atoms with E-state index in [0.717, 1.165) is 19.3 Å². The number of amides is 1. The van der Waals surface area contributed by atoms with E-state index in [9.17, 15) is 9.59 Å². The van der Waals surface area contributed by atoms with E-state index in [-0.39, 0.29) is 11.9 Å². The minimum Gasteiger partial charge on any atom is -0.464 e. The van der Waals surface area contributed by atoms with Crippen molar-refractivity contribution in [2.75, 3.05) is 13.2 Å². The molecule has 0 N–H and O–H groups in total. The summed E-state index contributed by atoms with van der Waals surface area (Å²) in [6, 6.07) is 6.47. The number of esters is 1. The van der Waals surface area contributed by atoms with Gasteiger partial charge in [0.05, 0.1) is 17.2 Å². The van der Waals surface area contributed by atoms with E-state index in [1.807, 2.05) is 0 Å². The number of likely N-dealkylation sites (tertiary alicyclic amines) is 1. The Morgan fingerprint density at radius 1 is 1.16 bits per heavy atom. The van der Waals surface area contributed by atoms with Crippen LogP contribution >= 0.6 is 11.6 Å². The maximum atomic E-state index is 12.7. The van der Waals surface area contributed by atoms with Crippen LogP contribution in [0.25, 0.3) is 0 Å². The molecule has 1 amide bonds. The maximum absolute atomic E-state index is 12.7. The summed E-state index contributed by atoms with van der Waals surface area (Å²) in [5.41, 5.74) is 0.444. The van der Waals surface area contributed by atoms with Crippen molar-refractivity contribution in [2.24, 2.45) is 0 Å². The Bertz CT molecular complexity index is 576. The molecule has 1 unspecified atom stereocenters. The van der Waals surface area contributed by atoms with Gasteiger partial charge in [0.15, 0.2) is 0 Å². The number of unbranched alkanes of at least 4 members (excludes halogenated alkanes) is 5. The van der Waals surface area contributed by atoms with Gasteiger partial charge in [-0.2, -0.15) is 0 Å². The molecule has 0 aromatic heterocycles. The molecule has 1 heterocycles. The molecular weight excluding hydrogens is 338 g/mol. The van der Waals surface area contributed by atoms with Gasteiger partial charge in [-0.1, -0.05) is 62.8 Å². The van der Waals surface area contributed by atoms with Gasteiger partial charge in [-0.05, 0) is 31.4 Å². The minimum absolute atomic E-state index is 0.190. The largest absolute Gasteiger partial charge is 0.464 e. The van der Waals surface area contributed by atoms with Crippen LogP contribution in [0.4, 0.5) is 0 Å². The molecule has 0 radical (unpaired) electrons. The predicted molar refractivity (Wildman–Crippen MR) is 99.8 cm³/mol. The molecule has 0 aliphatic carbocycles. The molecule has 1 aliphatic rings. The highest BCUT2D eigenvalue weighted by Gasteiger charge is 2.36. The van der Waals surface area contributed by atoms with Gasteiger partial charge in [0.25, 0.3) is 5.91 Å². The van der Waals surface area contributed by atoms with Crippen LogP contribution in [0.15, 0.2) is 24.3 Å². The molecule has 25 heavy (non-hydrogen) atoms. The van der Waals surface area contributed by atoms with Crippen molar-refractivity contribution in [3.63, 3.8) is 0 Å². The Morgan fingerprint density at radius 3 is 2.64 bits per heavy atom. The van der Waals surface area contributed by atoms with Gasteiger partial charge in [0, 0.05) is 6.54 Å². The molecule has 1 aliphatic heterocycles. The molecule has 5 heteroatoms. The van der Waals surface area contributed by atoms with Crippen LogP contribution in [-0.4, -0.2) is 36.0 Å². The molecule has 1 aromatic carbocycles. The monoisotopic (exact) mass is 365 g/mol. The molecule has 1 saturated heterocycles. The van der Waals surface area contributed by atoms with Crippen molar-refractivity contribution < 1.29 is 14.3 Å². The first kappa shape index (κ1) is 19.8. The molecule has 1 atom stereocenters. The summed E-state index contributed by atoms with van der Waals surface area (Å²) in [6.45, 7) is 3.20. The lowest BCUT2D eigenvalue weighted by Crippen LogP contribution is -2.41. The Balaban J connectivity index is 1.81. The number of nitrogens with zero attached hydrogens (tertiary/aromatic N) is 1. The number of benzene rings is 1. The average molecular weight is 366 g/mol. The lowest BCUT2D eigenvalue weighted by Gasteiger charge is -2.23. The van der Waals surface area contributed by atoms with Gasteiger partial charge < -0.3 is 9.64 Å². The first-order chi connectivity index (χ1) is 12.1. The van der Waals surface area contributed by atoms with Gasteiger partial charge in [0.1, 0.15) is 6.04 Å². The van der Waals surface area contributed by atoms with Crippen LogP contribution in [-0.2, 0) is 9.53 Å². The topological polar surface area (TPSA) is 46.6 Å². The zero-order chi connectivity index (χ0) is 18.1. The number of hydrogen-bond acceptors (Lipinski definition) is 3. The second kappa shape index (κ2) is 10.4. The number of carbonyl (C=O) groups excluding carboxylic acids is 2.